The van der Waals surface area contributed by atoms with Gasteiger partial charge in [0.1, 0.15) is 5.52 Å². The Bertz CT molecular complexity index is 651. The molecule has 5 nitrogen and oxygen atoms in total. The maximum absolute atomic E-state index is 11.8. The number of fused-ring (bicyclic) bond motifs is 1. The number of oxazole rings is 1. The van der Waals surface area contributed by atoms with Crippen LogP contribution in [0.3, 0.4) is 0 Å². The summed E-state index contributed by atoms with van der Waals surface area (Å²) in [7, 11) is 0. The first kappa shape index (κ1) is 17.1. The molecule has 2 aromatic rings. The Kier molecular flexibility index (Phi) is 5.67. The molecule has 3 rings (SSSR count). The standard InChI is InChI=1S/C15H18ClN3O2.ClH/c16-11-1-2-13-12(9-11)18-15(21-13)10-4-7-19(8-5-10)14(20)3-6-17;/h1-2,9-10H,3-8,17H2;1H. The van der Waals surface area contributed by atoms with E-state index in [0.717, 1.165) is 42.9 Å². The molecule has 1 aromatic carbocycles. The molecule has 22 heavy (non-hydrogen) atoms. The Balaban J connectivity index is 0.00000176. The molecule has 0 bridgehead atoms. The van der Waals surface area contributed by atoms with Gasteiger partial charge in [0, 0.05) is 37.0 Å². The number of amides is 1. The van der Waals surface area contributed by atoms with E-state index in [0.29, 0.717) is 18.0 Å². The van der Waals surface area contributed by atoms with Gasteiger partial charge in [-0.15, -0.1) is 12.4 Å². The third kappa shape index (κ3) is 3.54. The Morgan fingerprint density at radius 2 is 2.14 bits per heavy atom. The molecule has 1 aromatic heterocycles. The van der Waals surface area contributed by atoms with E-state index in [4.69, 9.17) is 21.8 Å². The number of nitrogens with zero attached hydrogens (tertiary/aromatic N) is 2. The fourth-order valence-corrected chi connectivity index (χ4v) is 2.92. The van der Waals surface area contributed by atoms with Crippen molar-refractivity contribution in [2.24, 2.45) is 5.73 Å². The molecule has 0 aliphatic carbocycles. The summed E-state index contributed by atoms with van der Waals surface area (Å²) in [5, 5.41) is 0.657. The van der Waals surface area contributed by atoms with E-state index in [-0.39, 0.29) is 24.2 Å². The van der Waals surface area contributed by atoms with Crippen LogP contribution in [0.25, 0.3) is 11.1 Å². The molecule has 0 unspecified atom stereocenters. The van der Waals surface area contributed by atoms with E-state index in [9.17, 15) is 4.79 Å². The predicted octanol–water partition coefficient (Wildman–Crippen LogP) is 2.96. The topological polar surface area (TPSA) is 72.4 Å². The molecule has 1 aliphatic heterocycles. The van der Waals surface area contributed by atoms with Crippen LogP contribution < -0.4 is 5.73 Å². The van der Waals surface area contributed by atoms with Crippen molar-refractivity contribution < 1.29 is 9.21 Å². The molecule has 2 heterocycles. The summed E-state index contributed by atoms with van der Waals surface area (Å²) in [6.45, 7) is 1.89. The number of nitrogens with two attached hydrogens (primary N) is 1. The van der Waals surface area contributed by atoms with Gasteiger partial charge in [0.2, 0.25) is 5.91 Å². The number of halogens is 2. The Morgan fingerprint density at radius 1 is 1.41 bits per heavy atom. The van der Waals surface area contributed by atoms with Crippen molar-refractivity contribution in [3.63, 3.8) is 0 Å². The zero-order valence-electron chi connectivity index (χ0n) is 12.1. The second-order valence-corrected chi connectivity index (χ2v) is 5.79. The zero-order valence-corrected chi connectivity index (χ0v) is 13.7. The fraction of sp³-hybridized carbons (Fsp3) is 0.467. The molecule has 1 saturated heterocycles. The normalized spacial score (nSPS) is 15.8. The lowest BCUT2D eigenvalue weighted by atomic mass is 9.96. The summed E-state index contributed by atoms with van der Waals surface area (Å²) in [5.74, 6) is 1.15. The number of piperidine rings is 1. The monoisotopic (exact) mass is 343 g/mol. The molecule has 1 amide bonds. The quantitative estimate of drug-likeness (QED) is 0.929. The lowest BCUT2D eigenvalue weighted by Gasteiger charge is -2.30. The summed E-state index contributed by atoms with van der Waals surface area (Å²) in [5.41, 5.74) is 6.98. The third-order valence-corrected chi connectivity index (χ3v) is 4.16. The molecule has 0 radical (unpaired) electrons. The first-order valence-electron chi connectivity index (χ1n) is 7.21. The molecule has 1 aliphatic rings. The van der Waals surface area contributed by atoms with E-state index in [1.165, 1.54) is 0 Å². The molecule has 0 atom stereocenters. The molecule has 120 valence electrons. The lowest BCUT2D eigenvalue weighted by Crippen LogP contribution is -2.38. The minimum Gasteiger partial charge on any atom is -0.440 e. The fourth-order valence-electron chi connectivity index (χ4n) is 2.75. The summed E-state index contributed by atoms with van der Waals surface area (Å²) >= 11 is 5.96. The van der Waals surface area contributed by atoms with E-state index < -0.39 is 0 Å². The van der Waals surface area contributed by atoms with Crippen LogP contribution in [-0.2, 0) is 4.79 Å². The van der Waals surface area contributed by atoms with Gasteiger partial charge in [-0.1, -0.05) is 11.6 Å². The number of hydrogen-bond acceptors (Lipinski definition) is 4. The van der Waals surface area contributed by atoms with Gasteiger partial charge in [-0.3, -0.25) is 4.79 Å². The van der Waals surface area contributed by atoms with Crippen LogP contribution in [0.5, 0.6) is 0 Å². The summed E-state index contributed by atoms with van der Waals surface area (Å²) in [6.07, 6.45) is 2.17. The predicted molar refractivity (Wildman–Crippen MR) is 88.5 cm³/mol. The number of hydrogen-bond donors (Lipinski definition) is 1. The number of benzene rings is 1. The van der Waals surface area contributed by atoms with Crippen LogP contribution in [0.1, 0.15) is 31.1 Å². The van der Waals surface area contributed by atoms with Gasteiger partial charge in [0.05, 0.1) is 0 Å². The third-order valence-electron chi connectivity index (χ3n) is 3.92. The highest BCUT2D eigenvalue weighted by Crippen LogP contribution is 2.30. The van der Waals surface area contributed by atoms with Gasteiger partial charge in [-0.05, 0) is 31.0 Å². The van der Waals surface area contributed by atoms with Crippen molar-refractivity contribution in [1.29, 1.82) is 0 Å². The van der Waals surface area contributed by atoms with Gasteiger partial charge in [0.15, 0.2) is 11.5 Å². The van der Waals surface area contributed by atoms with E-state index >= 15 is 0 Å². The SMILES string of the molecule is Cl.NCCC(=O)N1CCC(c2nc3cc(Cl)ccc3o2)CC1. The first-order valence-corrected chi connectivity index (χ1v) is 7.59. The van der Waals surface area contributed by atoms with Gasteiger partial charge < -0.3 is 15.1 Å². The van der Waals surface area contributed by atoms with Crippen LogP contribution in [0, 0.1) is 0 Å². The number of rotatable bonds is 3. The van der Waals surface area contributed by atoms with Crippen molar-refractivity contribution in [3.8, 4) is 0 Å². The highest BCUT2D eigenvalue weighted by atomic mass is 35.5. The van der Waals surface area contributed by atoms with Crippen LogP contribution in [0.15, 0.2) is 22.6 Å². The van der Waals surface area contributed by atoms with Gasteiger partial charge in [-0.25, -0.2) is 4.98 Å². The number of likely N-dealkylation sites (tertiary alicyclic amines) is 1. The second-order valence-electron chi connectivity index (χ2n) is 5.36. The Hall–Kier alpha value is -1.30. The molecular formula is C15H19Cl2N3O2. The van der Waals surface area contributed by atoms with E-state index in [1.807, 2.05) is 17.0 Å². The Morgan fingerprint density at radius 3 is 2.82 bits per heavy atom. The van der Waals surface area contributed by atoms with Gasteiger partial charge in [0.25, 0.3) is 0 Å². The highest BCUT2D eigenvalue weighted by Gasteiger charge is 2.26. The second kappa shape index (κ2) is 7.31. The van der Waals surface area contributed by atoms with Crippen molar-refractivity contribution in [2.75, 3.05) is 19.6 Å². The van der Waals surface area contributed by atoms with Crippen LogP contribution in [-0.4, -0.2) is 35.4 Å². The smallest absolute Gasteiger partial charge is 0.223 e. The van der Waals surface area contributed by atoms with Gasteiger partial charge in [-0.2, -0.15) is 0 Å². The van der Waals surface area contributed by atoms with Crippen LogP contribution in [0.4, 0.5) is 0 Å². The van der Waals surface area contributed by atoms with Crippen LogP contribution in [0.2, 0.25) is 5.02 Å². The average Bonchev–Trinajstić information content (AvgIpc) is 2.90. The molecule has 0 spiro atoms. The van der Waals surface area contributed by atoms with Crippen molar-refractivity contribution in [1.82, 2.24) is 9.88 Å². The molecule has 0 saturated carbocycles. The molecule has 7 heteroatoms. The van der Waals surface area contributed by atoms with Crippen molar-refractivity contribution >= 4 is 41.0 Å². The molecule has 2 N–H and O–H groups in total. The van der Waals surface area contributed by atoms with Gasteiger partial charge >= 0.3 is 0 Å². The lowest BCUT2D eigenvalue weighted by molar-refractivity contribution is -0.132. The number of aromatic nitrogens is 1. The minimum absolute atomic E-state index is 0. The molecule has 1 fully saturated rings. The van der Waals surface area contributed by atoms with Crippen molar-refractivity contribution in [2.45, 2.75) is 25.2 Å². The van der Waals surface area contributed by atoms with Crippen LogP contribution >= 0.6 is 24.0 Å². The van der Waals surface area contributed by atoms with Crippen molar-refractivity contribution in [3.05, 3.63) is 29.1 Å². The largest absolute Gasteiger partial charge is 0.440 e. The van der Waals surface area contributed by atoms with E-state index in [1.54, 1.807) is 6.07 Å². The number of carbonyl (C=O) groups excluding carboxylic acids is 1. The zero-order chi connectivity index (χ0) is 14.8. The summed E-state index contributed by atoms with van der Waals surface area (Å²) in [4.78, 5) is 18.2. The van der Waals surface area contributed by atoms with E-state index in [2.05, 4.69) is 4.98 Å². The average molecular weight is 344 g/mol. The maximum Gasteiger partial charge on any atom is 0.223 e. The summed E-state index contributed by atoms with van der Waals surface area (Å²) in [6, 6.07) is 5.45. The first-order chi connectivity index (χ1) is 10.2. The minimum atomic E-state index is 0. The molecular weight excluding hydrogens is 325 g/mol. The highest BCUT2D eigenvalue weighted by molar-refractivity contribution is 6.31. The number of carbonyl (C=O) groups is 1. The maximum atomic E-state index is 11.8. The Labute approximate surface area is 140 Å². The summed E-state index contributed by atoms with van der Waals surface area (Å²) < 4.78 is 5.81.